The van der Waals surface area contributed by atoms with Gasteiger partial charge in [-0.05, 0) is 47.5 Å². The summed E-state index contributed by atoms with van der Waals surface area (Å²) in [4.78, 5) is 12.4. The maximum Gasteiger partial charge on any atom is 0.291 e. The molecule has 1 aromatic heterocycles. The van der Waals surface area contributed by atoms with Gasteiger partial charge >= 0.3 is 0 Å². The number of hydrogen-bond acceptors (Lipinski definition) is 3. The van der Waals surface area contributed by atoms with Gasteiger partial charge in [0.25, 0.3) is 5.91 Å². The van der Waals surface area contributed by atoms with Crippen molar-refractivity contribution in [3.05, 3.63) is 108 Å². The molecule has 0 radical (unpaired) electrons. The van der Waals surface area contributed by atoms with E-state index in [1.165, 1.54) is 0 Å². The fourth-order valence-corrected chi connectivity index (χ4v) is 3.05. The highest BCUT2D eigenvalue weighted by molar-refractivity contribution is 6.32. The molecule has 0 atom stereocenters. The number of benzene rings is 3. The summed E-state index contributed by atoms with van der Waals surface area (Å²) < 4.78 is 11.2. The van der Waals surface area contributed by atoms with Gasteiger partial charge in [-0.2, -0.15) is 0 Å². The fourth-order valence-electron chi connectivity index (χ4n) is 2.86. The number of furan rings is 1. The summed E-state index contributed by atoms with van der Waals surface area (Å²) in [7, 11) is 0. The minimum atomic E-state index is -0.318. The summed E-state index contributed by atoms with van der Waals surface area (Å²) in [6.07, 6.45) is 0. The molecular formula is C24H18ClNO3. The number of ether oxygens (including phenoxy) is 1. The normalized spacial score (nSPS) is 10.5. The largest absolute Gasteiger partial charge is 0.484 e. The van der Waals surface area contributed by atoms with E-state index in [2.05, 4.69) is 5.32 Å². The molecule has 0 fully saturated rings. The zero-order chi connectivity index (χ0) is 20.1. The lowest BCUT2D eigenvalue weighted by atomic mass is 10.1. The van der Waals surface area contributed by atoms with E-state index in [0.29, 0.717) is 22.2 Å². The van der Waals surface area contributed by atoms with Crippen molar-refractivity contribution in [2.24, 2.45) is 0 Å². The Labute approximate surface area is 173 Å². The third-order valence-corrected chi connectivity index (χ3v) is 4.65. The molecule has 3 aromatic carbocycles. The second-order valence-corrected chi connectivity index (χ2v) is 6.79. The van der Waals surface area contributed by atoms with Crippen LogP contribution in [0.3, 0.4) is 0 Å². The summed E-state index contributed by atoms with van der Waals surface area (Å²) in [5.74, 6) is 1.00. The van der Waals surface area contributed by atoms with Crippen molar-refractivity contribution in [1.29, 1.82) is 0 Å². The van der Waals surface area contributed by atoms with Gasteiger partial charge < -0.3 is 14.5 Å². The SMILES string of the molecule is O=C(Nc1ccc(-c2ccccc2)cc1)c1ccc(COc2ccccc2Cl)o1. The molecule has 0 aliphatic carbocycles. The van der Waals surface area contributed by atoms with Crippen molar-refractivity contribution in [2.45, 2.75) is 6.61 Å². The Balaban J connectivity index is 1.37. The molecule has 0 saturated carbocycles. The Hall–Kier alpha value is -3.50. The maximum atomic E-state index is 12.4. The van der Waals surface area contributed by atoms with Gasteiger partial charge in [0.1, 0.15) is 18.1 Å². The van der Waals surface area contributed by atoms with Gasteiger partial charge in [0, 0.05) is 5.69 Å². The van der Waals surface area contributed by atoms with E-state index < -0.39 is 0 Å². The third-order valence-electron chi connectivity index (χ3n) is 4.34. The molecule has 0 bridgehead atoms. The zero-order valence-corrected chi connectivity index (χ0v) is 16.2. The Morgan fingerprint density at radius 2 is 1.52 bits per heavy atom. The lowest BCUT2D eigenvalue weighted by Gasteiger charge is -2.06. The fraction of sp³-hybridized carbons (Fsp3) is 0.0417. The van der Waals surface area contributed by atoms with E-state index in [-0.39, 0.29) is 18.3 Å². The summed E-state index contributed by atoms with van der Waals surface area (Å²) >= 11 is 6.07. The molecule has 0 aliphatic heterocycles. The molecule has 5 heteroatoms. The minimum absolute atomic E-state index is 0.183. The van der Waals surface area contributed by atoms with Crippen LogP contribution in [0.2, 0.25) is 5.02 Å². The standard InChI is InChI=1S/C24H18ClNO3/c25-21-8-4-5-9-22(21)28-16-20-14-15-23(29-20)24(27)26-19-12-10-18(11-13-19)17-6-2-1-3-7-17/h1-15H,16H2,(H,26,27). The molecule has 1 amide bonds. The first-order valence-electron chi connectivity index (χ1n) is 9.12. The average Bonchev–Trinajstić information content (AvgIpc) is 3.24. The second kappa shape index (κ2) is 8.67. The number of anilines is 1. The van der Waals surface area contributed by atoms with E-state index in [9.17, 15) is 4.79 Å². The summed E-state index contributed by atoms with van der Waals surface area (Å²) in [6, 6.07) is 28.3. The summed E-state index contributed by atoms with van der Waals surface area (Å²) in [6.45, 7) is 0.183. The lowest BCUT2D eigenvalue weighted by molar-refractivity contribution is 0.0992. The molecule has 4 aromatic rings. The molecule has 0 aliphatic rings. The van der Waals surface area contributed by atoms with Crippen LogP contribution >= 0.6 is 11.6 Å². The molecule has 1 heterocycles. The number of rotatable bonds is 6. The van der Waals surface area contributed by atoms with Crippen molar-refractivity contribution in [2.75, 3.05) is 5.32 Å². The van der Waals surface area contributed by atoms with Gasteiger partial charge in [-0.1, -0.05) is 66.2 Å². The number of amides is 1. The van der Waals surface area contributed by atoms with Crippen LogP contribution in [-0.4, -0.2) is 5.91 Å². The van der Waals surface area contributed by atoms with E-state index in [0.717, 1.165) is 11.1 Å². The topological polar surface area (TPSA) is 51.5 Å². The van der Waals surface area contributed by atoms with Gasteiger partial charge in [0.2, 0.25) is 0 Å². The Kier molecular flexibility index (Phi) is 5.63. The van der Waals surface area contributed by atoms with Gasteiger partial charge in [0.05, 0.1) is 5.02 Å². The minimum Gasteiger partial charge on any atom is -0.484 e. The monoisotopic (exact) mass is 403 g/mol. The molecule has 29 heavy (non-hydrogen) atoms. The van der Waals surface area contributed by atoms with Crippen LogP contribution in [0.25, 0.3) is 11.1 Å². The first-order chi connectivity index (χ1) is 14.2. The van der Waals surface area contributed by atoms with Crippen LogP contribution in [-0.2, 0) is 6.61 Å². The number of hydrogen-bond donors (Lipinski definition) is 1. The zero-order valence-electron chi connectivity index (χ0n) is 15.5. The number of carbonyl (C=O) groups is 1. The van der Waals surface area contributed by atoms with Crippen molar-refractivity contribution in [3.8, 4) is 16.9 Å². The molecule has 144 valence electrons. The first kappa shape index (κ1) is 18.8. The smallest absolute Gasteiger partial charge is 0.291 e. The van der Waals surface area contributed by atoms with Gasteiger partial charge in [-0.15, -0.1) is 0 Å². The molecule has 1 N–H and O–H groups in total. The summed E-state index contributed by atoms with van der Waals surface area (Å²) in [5, 5.41) is 3.36. The van der Waals surface area contributed by atoms with Crippen molar-refractivity contribution >= 4 is 23.2 Å². The van der Waals surface area contributed by atoms with E-state index in [4.69, 9.17) is 20.8 Å². The van der Waals surface area contributed by atoms with E-state index in [1.54, 1.807) is 24.3 Å². The molecule has 4 nitrogen and oxygen atoms in total. The second-order valence-electron chi connectivity index (χ2n) is 6.38. The van der Waals surface area contributed by atoms with Gasteiger partial charge in [0.15, 0.2) is 5.76 Å². The number of carbonyl (C=O) groups excluding carboxylic acids is 1. The Morgan fingerprint density at radius 3 is 2.28 bits per heavy atom. The predicted octanol–water partition coefficient (Wildman–Crippen LogP) is 6.43. The average molecular weight is 404 g/mol. The molecule has 0 spiro atoms. The highest BCUT2D eigenvalue weighted by Gasteiger charge is 2.12. The quantitative estimate of drug-likeness (QED) is 0.403. The first-order valence-corrected chi connectivity index (χ1v) is 9.50. The van der Waals surface area contributed by atoms with Gasteiger partial charge in [-0.3, -0.25) is 4.79 Å². The molecular weight excluding hydrogens is 386 g/mol. The van der Waals surface area contributed by atoms with Gasteiger partial charge in [-0.25, -0.2) is 0 Å². The van der Waals surface area contributed by atoms with Crippen molar-refractivity contribution < 1.29 is 13.9 Å². The van der Waals surface area contributed by atoms with Crippen LogP contribution in [0.1, 0.15) is 16.3 Å². The van der Waals surface area contributed by atoms with E-state index in [1.807, 2.05) is 66.7 Å². The maximum absolute atomic E-state index is 12.4. The highest BCUT2D eigenvalue weighted by Crippen LogP contribution is 2.25. The lowest BCUT2D eigenvalue weighted by Crippen LogP contribution is -2.10. The van der Waals surface area contributed by atoms with Crippen LogP contribution in [0.4, 0.5) is 5.69 Å². The third kappa shape index (κ3) is 4.68. The van der Waals surface area contributed by atoms with Crippen LogP contribution in [0.5, 0.6) is 5.75 Å². The Morgan fingerprint density at radius 1 is 0.828 bits per heavy atom. The van der Waals surface area contributed by atoms with E-state index >= 15 is 0 Å². The van der Waals surface area contributed by atoms with Crippen LogP contribution in [0, 0.1) is 0 Å². The van der Waals surface area contributed by atoms with Crippen molar-refractivity contribution in [1.82, 2.24) is 0 Å². The highest BCUT2D eigenvalue weighted by atomic mass is 35.5. The van der Waals surface area contributed by atoms with Crippen molar-refractivity contribution in [3.63, 3.8) is 0 Å². The Bertz CT molecular complexity index is 1100. The number of nitrogens with one attached hydrogen (secondary N) is 1. The molecule has 0 saturated heterocycles. The number of para-hydroxylation sites is 1. The summed E-state index contributed by atoms with van der Waals surface area (Å²) in [5.41, 5.74) is 2.90. The van der Waals surface area contributed by atoms with Crippen LogP contribution < -0.4 is 10.1 Å². The predicted molar refractivity (Wildman–Crippen MR) is 114 cm³/mol. The molecule has 0 unspecified atom stereocenters. The molecule has 4 rings (SSSR count). The number of halogens is 1. The van der Waals surface area contributed by atoms with Crippen LogP contribution in [0.15, 0.2) is 95.4 Å².